The number of ether oxygens (including phenoxy) is 1. The Morgan fingerprint density at radius 1 is 1.15 bits per heavy atom. The maximum atomic E-state index is 13.7. The molecule has 174 valence electrons. The molecular weight excluding hydrogens is 456 g/mol. The summed E-state index contributed by atoms with van der Waals surface area (Å²) in [5.41, 5.74) is 1.99. The molecule has 0 spiro atoms. The molecule has 5 aromatic rings. The summed E-state index contributed by atoms with van der Waals surface area (Å²) in [4.78, 5) is 31.9. The lowest BCUT2D eigenvalue weighted by molar-refractivity contribution is 0.121. The van der Waals surface area contributed by atoms with Crippen LogP contribution in [0.4, 0.5) is 5.82 Å². The Bertz CT molecular complexity index is 1510. The van der Waals surface area contributed by atoms with Gasteiger partial charge in [0, 0.05) is 19.9 Å². The SMILES string of the molecule is CO[C@H](C)CN(c1ncnc2nc[nH]c12)[C@@H](C)c1nn2ccc(Cl)c2c(=O)n1-c1ccccc1. The third-order valence-electron chi connectivity index (χ3n) is 5.85. The quantitative estimate of drug-likeness (QED) is 0.382. The number of halogens is 1. The van der Waals surface area contributed by atoms with Gasteiger partial charge in [0.2, 0.25) is 0 Å². The standard InChI is InChI=1S/C23H23ClN8O2/c1-14(34-3)11-30(22-18-20(26-12-25-18)27-13-28-22)15(2)21-29-31-10-9-17(24)19(31)23(33)32(21)16-7-5-4-6-8-16/h4-10,12-15H,11H2,1-3H3,(H,25,26,27,28)/t14-,15+/m1/s1. The van der Waals surface area contributed by atoms with E-state index >= 15 is 0 Å². The molecule has 4 aromatic heterocycles. The summed E-state index contributed by atoms with van der Waals surface area (Å²) in [5.74, 6) is 1.16. The normalized spacial score (nSPS) is 13.4. The predicted molar refractivity (Wildman–Crippen MR) is 130 cm³/mol. The molecule has 1 N–H and O–H groups in total. The lowest BCUT2D eigenvalue weighted by Crippen LogP contribution is -2.39. The Morgan fingerprint density at radius 3 is 2.71 bits per heavy atom. The molecule has 11 heteroatoms. The van der Waals surface area contributed by atoms with Gasteiger partial charge in [-0.25, -0.2) is 19.5 Å². The topological polar surface area (TPSA) is 106 Å². The highest BCUT2D eigenvalue weighted by atomic mass is 35.5. The van der Waals surface area contributed by atoms with Crippen molar-refractivity contribution >= 4 is 34.1 Å². The zero-order valence-corrected chi connectivity index (χ0v) is 19.6. The van der Waals surface area contributed by atoms with Gasteiger partial charge in [0.1, 0.15) is 17.4 Å². The summed E-state index contributed by atoms with van der Waals surface area (Å²) in [6.07, 6.45) is 4.61. The van der Waals surface area contributed by atoms with E-state index in [1.165, 1.54) is 10.8 Å². The molecule has 10 nitrogen and oxygen atoms in total. The van der Waals surface area contributed by atoms with Gasteiger partial charge in [-0.15, -0.1) is 0 Å². The molecule has 2 atom stereocenters. The van der Waals surface area contributed by atoms with Gasteiger partial charge in [-0.05, 0) is 32.0 Å². The lowest BCUT2D eigenvalue weighted by atomic mass is 10.2. The number of nitrogens with one attached hydrogen (secondary N) is 1. The van der Waals surface area contributed by atoms with Crippen LogP contribution >= 0.6 is 11.6 Å². The summed E-state index contributed by atoms with van der Waals surface area (Å²) in [6, 6.07) is 10.7. The van der Waals surface area contributed by atoms with Crippen molar-refractivity contribution in [3.63, 3.8) is 0 Å². The molecule has 4 heterocycles. The van der Waals surface area contributed by atoms with Crippen LogP contribution in [0, 0.1) is 0 Å². The van der Waals surface area contributed by atoms with E-state index < -0.39 is 6.04 Å². The molecule has 0 saturated carbocycles. The van der Waals surface area contributed by atoms with Crippen LogP contribution in [-0.2, 0) is 4.74 Å². The molecule has 5 rings (SSSR count). The number of anilines is 1. The van der Waals surface area contributed by atoms with E-state index in [9.17, 15) is 4.79 Å². The van der Waals surface area contributed by atoms with Gasteiger partial charge in [-0.3, -0.25) is 9.36 Å². The number of fused-ring (bicyclic) bond motifs is 2. The van der Waals surface area contributed by atoms with Crippen molar-refractivity contribution in [3.05, 3.63) is 76.5 Å². The van der Waals surface area contributed by atoms with Crippen molar-refractivity contribution in [2.24, 2.45) is 0 Å². The first kappa shape index (κ1) is 22.1. The summed E-state index contributed by atoms with van der Waals surface area (Å²) in [5, 5.41) is 5.17. The van der Waals surface area contributed by atoms with Crippen molar-refractivity contribution in [2.75, 3.05) is 18.6 Å². The predicted octanol–water partition coefficient (Wildman–Crippen LogP) is 3.41. The van der Waals surface area contributed by atoms with Crippen molar-refractivity contribution < 1.29 is 4.74 Å². The van der Waals surface area contributed by atoms with E-state index in [0.717, 1.165) is 0 Å². The molecule has 0 saturated heterocycles. The Balaban J connectivity index is 1.75. The van der Waals surface area contributed by atoms with E-state index in [1.807, 2.05) is 49.1 Å². The van der Waals surface area contributed by atoms with Gasteiger partial charge >= 0.3 is 0 Å². The van der Waals surface area contributed by atoms with Gasteiger partial charge in [-0.1, -0.05) is 29.8 Å². The maximum Gasteiger partial charge on any atom is 0.284 e. The Labute approximate surface area is 199 Å². The van der Waals surface area contributed by atoms with Crippen molar-refractivity contribution in [3.8, 4) is 5.69 Å². The number of aromatic amines is 1. The fourth-order valence-corrected chi connectivity index (χ4v) is 4.26. The Hall–Kier alpha value is -3.76. The molecule has 1 aromatic carbocycles. The molecule has 0 fully saturated rings. The molecule has 0 unspecified atom stereocenters. The number of benzene rings is 1. The third kappa shape index (κ3) is 3.70. The minimum Gasteiger partial charge on any atom is -0.380 e. The number of rotatable bonds is 7. The molecule has 0 amide bonds. The zero-order valence-electron chi connectivity index (χ0n) is 18.9. The largest absolute Gasteiger partial charge is 0.380 e. The number of nitrogens with zero attached hydrogens (tertiary/aromatic N) is 7. The minimum atomic E-state index is -0.391. The first-order chi connectivity index (χ1) is 16.5. The lowest BCUT2D eigenvalue weighted by Gasteiger charge is -2.32. The molecule has 34 heavy (non-hydrogen) atoms. The summed E-state index contributed by atoms with van der Waals surface area (Å²) >= 11 is 6.34. The molecule has 0 bridgehead atoms. The monoisotopic (exact) mass is 478 g/mol. The fraction of sp³-hybridized carbons (Fsp3) is 0.261. The van der Waals surface area contributed by atoms with Gasteiger partial charge in [0.05, 0.1) is 29.2 Å². The Morgan fingerprint density at radius 2 is 1.94 bits per heavy atom. The first-order valence-electron chi connectivity index (χ1n) is 10.8. The van der Waals surface area contributed by atoms with E-state index in [-0.39, 0.29) is 11.7 Å². The van der Waals surface area contributed by atoms with Crippen molar-refractivity contribution in [1.29, 1.82) is 0 Å². The van der Waals surface area contributed by atoms with Crippen LogP contribution in [-0.4, -0.2) is 53.9 Å². The van der Waals surface area contributed by atoms with Gasteiger partial charge in [-0.2, -0.15) is 5.10 Å². The van der Waals surface area contributed by atoms with Crippen LogP contribution in [0.25, 0.3) is 22.4 Å². The second-order valence-electron chi connectivity index (χ2n) is 7.96. The average Bonchev–Trinajstić information content (AvgIpc) is 3.49. The molecule has 0 aliphatic heterocycles. The smallest absolute Gasteiger partial charge is 0.284 e. The highest BCUT2D eigenvalue weighted by Crippen LogP contribution is 2.30. The highest BCUT2D eigenvalue weighted by molar-refractivity contribution is 6.33. The van der Waals surface area contributed by atoms with Crippen LogP contribution in [0.3, 0.4) is 0 Å². The van der Waals surface area contributed by atoms with Gasteiger partial charge in [0.15, 0.2) is 17.3 Å². The van der Waals surface area contributed by atoms with Gasteiger partial charge < -0.3 is 14.6 Å². The molecule has 0 aliphatic rings. The fourth-order valence-electron chi connectivity index (χ4n) is 4.03. The van der Waals surface area contributed by atoms with E-state index in [1.54, 1.807) is 30.3 Å². The van der Waals surface area contributed by atoms with Crippen LogP contribution in [0.15, 0.2) is 60.0 Å². The second kappa shape index (κ2) is 8.88. The van der Waals surface area contributed by atoms with Crippen LogP contribution < -0.4 is 10.5 Å². The molecular formula is C23H23ClN8O2. The maximum absolute atomic E-state index is 13.7. The van der Waals surface area contributed by atoms with Crippen molar-refractivity contribution in [1.82, 2.24) is 34.1 Å². The van der Waals surface area contributed by atoms with Crippen molar-refractivity contribution in [2.45, 2.75) is 26.0 Å². The number of para-hydroxylation sites is 1. The molecule has 0 aliphatic carbocycles. The van der Waals surface area contributed by atoms with E-state index in [4.69, 9.17) is 21.4 Å². The number of hydrogen-bond acceptors (Lipinski definition) is 7. The number of methoxy groups -OCH3 is 1. The minimum absolute atomic E-state index is 0.128. The van der Waals surface area contributed by atoms with E-state index in [0.29, 0.717) is 45.6 Å². The first-order valence-corrected chi connectivity index (χ1v) is 11.2. The average molecular weight is 479 g/mol. The van der Waals surface area contributed by atoms with Crippen LogP contribution in [0.1, 0.15) is 25.7 Å². The number of aromatic nitrogens is 7. The third-order valence-corrected chi connectivity index (χ3v) is 6.15. The number of hydrogen-bond donors (Lipinski definition) is 1. The summed E-state index contributed by atoms with van der Waals surface area (Å²) < 4.78 is 8.70. The number of H-pyrrole nitrogens is 1. The van der Waals surface area contributed by atoms with E-state index in [2.05, 4.69) is 19.9 Å². The Kier molecular flexibility index (Phi) is 5.76. The van der Waals surface area contributed by atoms with Gasteiger partial charge in [0.25, 0.3) is 5.56 Å². The second-order valence-corrected chi connectivity index (χ2v) is 8.37. The molecule has 0 radical (unpaired) electrons. The summed E-state index contributed by atoms with van der Waals surface area (Å²) in [7, 11) is 1.66. The van der Waals surface area contributed by atoms with Crippen LogP contribution in [0.5, 0.6) is 0 Å². The summed E-state index contributed by atoms with van der Waals surface area (Å²) in [6.45, 7) is 4.43. The highest BCUT2D eigenvalue weighted by Gasteiger charge is 2.28. The number of imidazole rings is 1. The zero-order chi connectivity index (χ0) is 23.8. The van der Waals surface area contributed by atoms with Crippen LogP contribution in [0.2, 0.25) is 5.02 Å².